The minimum absolute atomic E-state index is 0.00295. The smallest absolute Gasteiger partial charge is 0.306 e. The van der Waals surface area contributed by atoms with Crippen LogP contribution in [0.4, 0.5) is 0 Å². The molecule has 6 nitrogen and oxygen atoms in total. The molecule has 0 bridgehead atoms. The Balaban J connectivity index is 2.29. The first-order chi connectivity index (χ1) is 12.7. The Kier molecular flexibility index (Phi) is 6.85. The highest BCUT2D eigenvalue weighted by molar-refractivity contribution is 7.86. The van der Waals surface area contributed by atoms with Crippen LogP contribution >= 0.6 is 0 Å². The lowest BCUT2D eigenvalue weighted by atomic mass is 10.1. The van der Waals surface area contributed by atoms with Gasteiger partial charge in [-0.25, -0.2) is 0 Å². The van der Waals surface area contributed by atoms with Gasteiger partial charge in [0.05, 0.1) is 13.4 Å². The van der Waals surface area contributed by atoms with Gasteiger partial charge in [0.2, 0.25) is 0 Å². The fourth-order valence-corrected chi connectivity index (χ4v) is 3.09. The lowest BCUT2D eigenvalue weighted by Gasteiger charge is -2.29. The lowest BCUT2D eigenvalue weighted by Crippen LogP contribution is -2.37. The van der Waals surface area contributed by atoms with Crippen molar-refractivity contribution in [3.8, 4) is 11.5 Å². The molecule has 27 heavy (non-hydrogen) atoms. The predicted octanol–water partition coefficient (Wildman–Crippen LogP) is 3.47. The van der Waals surface area contributed by atoms with Crippen LogP contribution in [0.2, 0.25) is 0 Å². The van der Waals surface area contributed by atoms with Crippen LogP contribution in [0.3, 0.4) is 0 Å². The quantitative estimate of drug-likeness (QED) is 0.644. The molecule has 0 aliphatic heterocycles. The summed E-state index contributed by atoms with van der Waals surface area (Å²) in [5, 5.41) is 0. The molecule has 146 valence electrons. The number of hydrogen-bond donors (Lipinski definition) is 0. The van der Waals surface area contributed by atoms with Gasteiger partial charge in [-0.05, 0) is 49.2 Å². The second-order valence-corrected chi connectivity index (χ2v) is 7.93. The number of methoxy groups -OCH3 is 1. The Morgan fingerprint density at radius 1 is 1.11 bits per heavy atom. The lowest BCUT2D eigenvalue weighted by molar-refractivity contribution is 0.0671. The molecule has 0 N–H and O–H groups in total. The van der Waals surface area contributed by atoms with E-state index in [0.29, 0.717) is 17.9 Å². The molecule has 0 spiro atoms. The zero-order chi connectivity index (χ0) is 20.0. The minimum Gasteiger partial charge on any atom is -0.497 e. The van der Waals surface area contributed by atoms with E-state index in [1.54, 1.807) is 54.5 Å². The number of nitrogens with zero attached hydrogens (tertiary/aromatic N) is 1. The summed E-state index contributed by atoms with van der Waals surface area (Å²) in [7, 11) is -2.05. The van der Waals surface area contributed by atoms with Gasteiger partial charge >= 0.3 is 10.1 Å². The highest BCUT2D eigenvalue weighted by Gasteiger charge is 2.21. The van der Waals surface area contributed by atoms with Gasteiger partial charge in [0.25, 0.3) is 5.91 Å². The number of rotatable bonds is 8. The van der Waals surface area contributed by atoms with Crippen LogP contribution in [-0.4, -0.2) is 38.6 Å². The third kappa shape index (κ3) is 5.99. The first-order valence-electron chi connectivity index (χ1n) is 8.67. The number of carbonyl (C=O) groups is 1. The van der Waals surface area contributed by atoms with Crippen molar-refractivity contribution in [2.75, 3.05) is 13.4 Å². The van der Waals surface area contributed by atoms with Crippen LogP contribution in [-0.2, 0) is 16.7 Å². The van der Waals surface area contributed by atoms with Crippen LogP contribution in [0.1, 0.15) is 36.2 Å². The molecule has 2 aromatic rings. The molecule has 1 atom stereocenters. The predicted molar refractivity (Wildman–Crippen MR) is 105 cm³/mol. The topological polar surface area (TPSA) is 72.9 Å². The van der Waals surface area contributed by atoms with Crippen LogP contribution in [0.15, 0.2) is 48.5 Å². The Morgan fingerprint density at radius 2 is 1.78 bits per heavy atom. The molecule has 0 heterocycles. The Hall–Kier alpha value is -2.54. The van der Waals surface area contributed by atoms with E-state index in [0.717, 1.165) is 18.2 Å². The highest BCUT2D eigenvalue weighted by atomic mass is 32.2. The summed E-state index contributed by atoms with van der Waals surface area (Å²) in [5.74, 6) is 0.735. The standard InChI is InChI=1S/C20H25NO5S/c1-5-15(2)21(20(22)17-9-7-10-18(13-17)25-3)14-16-8-6-11-19(12-16)26-27(4,23)24/h6-13,15H,5,14H2,1-4H3/t15-/m1/s1. The second-order valence-electron chi connectivity index (χ2n) is 6.36. The summed E-state index contributed by atoms with van der Waals surface area (Å²) in [5.41, 5.74) is 1.32. The summed E-state index contributed by atoms with van der Waals surface area (Å²) < 4.78 is 32.8. The van der Waals surface area contributed by atoms with Crippen molar-refractivity contribution in [3.63, 3.8) is 0 Å². The first-order valence-corrected chi connectivity index (χ1v) is 10.5. The maximum absolute atomic E-state index is 13.1. The van der Waals surface area contributed by atoms with Crippen LogP contribution in [0.5, 0.6) is 11.5 Å². The van der Waals surface area contributed by atoms with Crippen molar-refractivity contribution >= 4 is 16.0 Å². The molecule has 1 amide bonds. The molecule has 0 aliphatic rings. The van der Waals surface area contributed by atoms with Crippen molar-refractivity contribution in [3.05, 3.63) is 59.7 Å². The summed E-state index contributed by atoms with van der Waals surface area (Å²) in [4.78, 5) is 14.8. The summed E-state index contributed by atoms with van der Waals surface area (Å²) in [6, 6.07) is 13.8. The van der Waals surface area contributed by atoms with E-state index in [9.17, 15) is 13.2 Å². The zero-order valence-corrected chi connectivity index (χ0v) is 16.8. The first kappa shape index (κ1) is 20.8. The minimum atomic E-state index is -3.60. The molecule has 0 unspecified atom stereocenters. The summed E-state index contributed by atoms with van der Waals surface area (Å²) >= 11 is 0. The van der Waals surface area contributed by atoms with Gasteiger partial charge in [-0.1, -0.05) is 25.1 Å². The van der Waals surface area contributed by atoms with Gasteiger partial charge in [0, 0.05) is 18.2 Å². The molecule has 2 rings (SSSR count). The SMILES string of the molecule is CC[C@@H](C)N(Cc1cccc(OS(C)(=O)=O)c1)C(=O)c1cccc(OC)c1. The Bertz CT molecular complexity index is 895. The number of ether oxygens (including phenoxy) is 1. The van der Waals surface area contributed by atoms with Crippen molar-refractivity contribution < 1.29 is 22.1 Å². The maximum atomic E-state index is 13.1. The van der Waals surface area contributed by atoms with Crippen LogP contribution < -0.4 is 8.92 Å². The van der Waals surface area contributed by atoms with Crippen LogP contribution in [0, 0.1) is 0 Å². The fourth-order valence-electron chi connectivity index (χ4n) is 2.64. The van der Waals surface area contributed by atoms with E-state index < -0.39 is 10.1 Å². The molecule has 0 saturated heterocycles. The molecule has 0 saturated carbocycles. The summed E-state index contributed by atoms with van der Waals surface area (Å²) in [6.07, 6.45) is 1.78. The molecular formula is C20H25NO5S. The van der Waals surface area contributed by atoms with E-state index in [2.05, 4.69) is 0 Å². The van der Waals surface area contributed by atoms with Gasteiger partial charge < -0.3 is 13.8 Å². The van der Waals surface area contributed by atoms with Gasteiger partial charge in [0.15, 0.2) is 0 Å². The molecule has 0 fully saturated rings. The number of hydrogen-bond acceptors (Lipinski definition) is 5. The number of amides is 1. The zero-order valence-electron chi connectivity index (χ0n) is 16.0. The van der Waals surface area contributed by atoms with E-state index in [1.165, 1.54) is 0 Å². The number of carbonyl (C=O) groups excluding carboxylic acids is 1. The number of benzene rings is 2. The van der Waals surface area contributed by atoms with Gasteiger partial charge in [-0.3, -0.25) is 4.79 Å². The van der Waals surface area contributed by atoms with Gasteiger partial charge in [-0.2, -0.15) is 8.42 Å². The van der Waals surface area contributed by atoms with E-state index in [-0.39, 0.29) is 17.7 Å². The van der Waals surface area contributed by atoms with E-state index >= 15 is 0 Å². The van der Waals surface area contributed by atoms with Gasteiger partial charge in [-0.15, -0.1) is 0 Å². The van der Waals surface area contributed by atoms with Crippen molar-refractivity contribution in [1.82, 2.24) is 4.90 Å². The van der Waals surface area contributed by atoms with Crippen molar-refractivity contribution in [2.24, 2.45) is 0 Å². The second kappa shape index (κ2) is 8.90. The average Bonchev–Trinajstić information content (AvgIpc) is 2.64. The van der Waals surface area contributed by atoms with Crippen molar-refractivity contribution in [1.29, 1.82) is 0 Å². The molecule has 7 heteroatoms. The average molecular weight is 391 g/mol. The van der Waals surface area contributed by atoms with E-state index in [4.69, 9.17) is 8.92 Å². The third-order valence-corrected chi connectivity index (χ3v) is 4.69. The van der Waals surface area contributed by atoms with Gasteiger partial charge in [0.1, 0.15) is 11.5 Å². The monoisotopic (exact) mass is 391 g/mol. The molecule has 0 radical (unpaired) electrons. The molecule has 0 aromatic heterocycles. The Labute approximate surface area is 160 Å². The molecular weight excluding hydrogens is 366 g/mol. The normalized spacial score (nSPS) is 12.3. The largest absolute Gasteiger partial charge is 0.497 e. The Morgan fingerprint density at radius 3 is 2.41 bits per heavy atom. The molecule has 0 aliphatic carbocycles. The van der Waals surface area contributed by atoms with Crippen LogP contribution in [0.25, 0.3) is 0 Å². The van der Waals surface area contributed by atoms with E-state index in [1.807, 2.05) is 19.9 Å². The summed E-state index contributed by atoms with van der Waals surface area (Å²) in [6.45, 7) is 4.33. The van der Waals surface area contributed by atoms with Crippen molar-refractivity contribution in [2.45, 2.75) is 32.9 Å². The molecule has 2 aromatic carbocycles. The fraction of sp³-hybridized carbons (Fsp3) is 0.350. The third-order valence-electron chi connectivity index (χ3n) is 4.20. The maximum Gasteiger partial charge on any atom is 0.306 e. The highest BCUT2D eigenvalue weighted by Crippen LogP contribution is 2.21.